The lowest BCUT2D eigenvalue weighted by Crippen LogP contribution is -2.15. The van der Waals surface area contributed by atoms with E-state index in [1.807, 2.05) is 54.8 Å². The van der Waals surface area contributed by atoms with E-state index in [0.717, 1.165) is 11.3 Å². The molecule has 0 aliphatic heterocycles. The lowest BCUT2D eigenvalue weighted by molar-refractivity contribution is 0.102. The van der Waals surface area contributed by atoms with Crippen LogP contribution < -0.4 is 10.6 Å². The van der Waals surface area contributed by atoms with E-state index in [0.29, 0.717) is 27.5 Å². The number of carbonyl (C=O) groups excluding carboxylic acids is 2. The first-order chi connectivity index (χ1) is 14.9. The summed E-state index contributed by atoms with van der Waals surface area (Å²) in [7, 11) is 0. The van der Waals surface area contributed by atoms with Crippen molar-refractivity contribution in [1.29, 1.82) is 0 Å². The average Bonchev–Trinajstić information content (AvgIpc) is 3.39. The van der Waals surface area contributed by atoms with Crippen LogP contribution in [-0.4, -0.2) is 21.6 Å². The Morgan fingerprint density at radius 3 is 2.45 bits per heavy atom. The largest absolute Gasteiger partial charge is 0.322 e. The Kier molecular flexibility index (Phi) is 5.88. The maximum absolute atomic E-state index is 13.0. The zero-order valence-corrected chi connectivity index (χ0v) is 18.4. The van der Waals surface area contributed by atoms with Gasteiger partial charge in [0.05, 0.1) is 16.3 Å². The minimum Gasteiger partial charge on any atom is -0.322 e. The Labute approximate surface area is 188 Å². The van der Waals surface area contributed by atoms with Crippen LogP contribution in [0.15, 0.2) is 66.0 Å². The number of thiophene rings is 1. The molecule has 0 spiro atoms. The minimum absolute atomic E-state index is 0.195. The second-order valence-corrected chi connectivity index (χ2v) is 8.22. The molecule has 4 rings (SSSR count). The predicted octanol–water partition coefficient (Wildman–Crippen LogP) is 5.71. The number of aromatic nitrogens is 2. The summed E-state index contributed by atoms with van der Waals surface area (Å²) in [5, 5.41) is 12.2. The molecule has 0 aliphatic carbocycles. The van der Waals surface area contributed by atoms with Crippen LogP contribution in [0.4, 0.5) is 11.4 Å². The maximum Gasteiger partial charge on any atom is 0.265 e. The van der Waals surface area contributed by atoms with Gasteiger partial charge in [-0.2, -0.15) is 5.10 Å². The number of amides is 2. The first-order valence-electron chi connectivity index (χ1n) is 9.51. The summed E-state index contributed by atoms with van der Waals surface area (Å²) < 4.78 is 1.54. The van der Waals surface area contributed by atoms with Gasteiger partial charge in [0.1, 0.15) is 10.7 Å². The molecule has 2 aromatic heterocycles. The standard InChI is InChI=1S/C23H19ClN4O2S/c1-14-10-11-16(25-22(29)19-9-6-12-31-19)13-18(14)26-23(30)20-15(2)27-28(21(20)24)17-7-4-3-5-8-17/h3-13H,1-2H3,(H,25,29)(H,26,30). The van der Waals surface area contributed by atoms with Gasteiger partial charge < -0.3 is 10.6 Å². The van der Waals surface area contributed by atoms with E-state index in [4.69, 9.17) is 11.6 Å². The van der Waals surface area contributed by atoms with E-state index in [1.54, 1.807) is 25.1 Å². The van der Waals surface area contributed by atoms with Crippen LogP contribution >= 0.6 is 22.9 Å². The van der Waals surface area contributed by atoms with Gasteiger partial charge in [-0.1, -0.05) is 41.9 Å². The Bertz CT molecular complexity index is 1250. The molecule has 156 valence electrons. The molecule has 0 bridgehead atoms. The average molecular weight is 451 g/mol. The fourth-order valence-corrected chi connectivity index (χ4v) is 4.09. The molecule has 2 N–H and O–H groups in total. The molecule has 0 aliphatic rings. The molecule has 2 aromatic carbocycles. The van der Waals surface area contributed by atoms with E-state index in [-0.39, 0.29) is 17.0 Å². The van der Waals surface area contributed by atoms with Crippen LogP contribution in [0.2, 0.25) is 5.15 Å². The Morgan fingerprint density at radius 2 is 1.74 bits per heavy atom. The highest BCUT2D eigenvalue weighted by atomic mass is 35.5. The number of hydrogen-bond donors (Lipinski definition) is 2. The van der Waals surface area contributed by atoms with Gasteiger partial charge in [-0.3, -0.25) is 9.59 Å². The van der Waals surface area contributed by atoms with Gasteiger partial charge in [0, 0.05) is 11.4 Å². The molecule has 0 saturated carbocycles. The summed E-state index contributed by atoms with van der Waals surface area (Å²) in [6, 6.07) is 18.3. The molecule has 2 amide bonds. The number of carbonyl (C=O) groups is 2. The fraction of sp³-hybridized carbons (Fsp3) is 0.0870. The van der Waals surface area contributed by atoms with Gasteiger partial charge in [-0.25, -0.2) is 4.68 Å². The number of rotatable bonds is 5. The van der Waals surface area contributed by atoms with Gasteiger partial charge in [0.15, 0.2) is 0 Å². The summed E-state index contributed by atoms with van der Waals surface area (Å²) in [4.78, 5) is 26.0. The van der Waals surface area contributed by atoms with E-state index >= 15 is 0 Å². The summed E-state index contributed by atoms with van der Waals surface area (Å²) in [6.45, 7) is 3.62. The second-order valence-electron chi connectivity index (χ2n) is 6.91. The van der Waals surface area contributed by atoms with Gasteiger partial charge in [0.2, 0.25) is 0 Å². The third-order valence-electron chi connectivity index (χ3n) is 4.72. The molecular weight excluding hydrogens is 432 g/mol. The monoisotopic (exact) mass is 450 g/mol. The molecular formula is C23H19ClN4O2S. The summed E-state index contributed by atoms with van der Waals surface area (Å²) in [5.41, 5.74) is 3.61. The highest BCUT2D eigenvalue weighted by Crippen LogP contribution is 2.27. The third-order valence-corrected chi connectivity index (χ3v) is 5.94. The molecule has 8 heteroatoms. The molecule has 0 atom stereocenters. The number of hydrogen-bond acceptors (Lipinski definition) is 4. The maximum atomic E-state index is 13.0. The SMILES string of the molecule is Cc1ccc(NC(=O)c2cccs2)cc1NC(=O)c1c(C)nn(-c2ccccc2)c1Cl. The van der Waals surface area contributed by atoms with Crippen molar-refractivity contribution in [2.75, 3.05) is 10.6 Å². The number of aryl methyl sites for hydroxylation is 2. The van der Waals surface area contributed by atoms with Crippen molar-refractivity contribution in [3.8, 4) is 5.69 Å². The van der Waals surface area contributed by atoms with Gasteiger partial charge in [-0.05, 0) is 55.1 Å². The minimum atomic E-state index is -0.366. The fourth-order valence-electron chi connectivity index (χ4n) is 3.12. The Hall–Kier alpha value is -3.42. The van der Waals surface area contributed by atoms with Crippen molar-refractivity contribution in [1.82, 2.24) is 9.78 Å². The quantitative estimate of drug-likeness (QED) is 0.409. The molecule has 6 nitrogen and oxygen atoms in total. The molecule has 0 saturated heterocycles. The molecule has 4 aromatic rings. The van der Waals surface area contributed by atoms with Crippen LogP contribution in [-0.2, 0) is 0 Å². The number of para-hydroxylation sites is 1. The van der Waals surface area contributed by atoms with Crippen molar-refractivity contribution in [3.05, 3.63) is 92.9 Å². The normalized spacial score (nSPS) is 10.7. The van der Waals surface area contributed by atoms with Crippen molar-refractivity contribution >= 4 is 46.1 Å². The van der Waals surface area contributed by atoms with E-state index in [1.165, 1.54) is 16.0 Å². The Morgan fingerprint density at radius 1 is 0.968 bits per heavy atom. The lowest BCUT2D eigenvalue weighted by Gasteiger charge is -2.11. The molecule has 0 unspecified atom stereocenters. The number of nitrogens with one attached hydrogen (secondary N) is 2. The summed E-state index contributed by atoms with van der Waals surface area (Å²) in [5.74, 6) is -0.561. The molecule has 0 fully saturated rings. The van der Waals surface area contributed by atoms with Crippen LogP contribution in [0.1, 0.15) is 31.3 Å². The number of halogens is 1. The van der Waals surface area contributed by atoms with E-state index < -0.39 is 0 Å². The predicted molar refractivity (Wildman–Crippen MR) is 125 cm³/mol. The molecule has 2 heterocycles. The van der Waals surface area contributed by atoms with Gasteiger partial charge in [-0.15, -0.1) is 11.3 Å². The molecule has 31 heavy (non-hydrogen) atoms. The van der Waals surface area contributed by atoms with Crippen LogP contribution in [0.5, 0.6) is 0 Å². The van der Waals surface area contributed by atoms with Gasteiger partial charge >= 0.3 is 0 Å². The van der Waals surface area contributed by atoms with Crippen molar-refractivity contribution in [3.63, 3.8) is 0 Å². The highest BCUT2D eigenvalue weighted by molar-refractivity contribution is 7.12. The van der Waals surface area contributed by atoms with Gasteiger partial charge in [0.25, 0.3) is 11.8 Å². The van der Waals surface area contributed by atoms with Crippen molar-refractivity contribution < 1.29 is 9.59 Å². The van der Waals surface area contributed by atoms with Crippen LogP contribution in [0, 0.1) is 13.8 Å². The number of anilines is 2. The molecule has 0 radical (unpaired) electrons. The van der Waals surface area contributed by atoms with Crippen molar-refractivity contribution in [2.24, 2.45) is 0 Å². The summed E-state index contributed by atoms with van der Waals surface area (Å²) >= 11 is 7.87. The van der Waals surface area contributed by atoms with E-state index in [2.05, 4.69) is 15.7 Å². The highest BCUT2D eigenvalue weighted by Gasteiger charge is 2.22. The zero-order valence-electron chi connectivity index (χ0n) is 16.8. The third kappa shape index (κ3) is 4.38. The van der Waals surface area contributed by atoms with Crippen LogP contribution in [0.25, 0.3) is 5.69 Å². The zero-order chi connectivity index (χ0) is 22.0. The van der Waals surface area contributed by atoms with E-state index in [9.17, 15) is 9.59 Å². The Balaban J connectivity index is 1.58. The first kappa shape index (κ1) is 20.8. The first-order valence-corrected chi connectivity index (χ1v) is 10.8. The van der Waals surface area contributed by atoms with Crippen molar-refractivity contribution in [2.45, 2.75) is 13.8 Å². The summed E-state index contributed by atoms with van der Waals surface area (Å²) in [6.07, 6.45) is 0. The number of nitrogens with zero attached hydrogens (tertiary/aromatic N) is 2. The topological polar surface area (TPSA) is 76.0 Å². The lowest BCUT2D eigenvalue weighted by atomic mass is 10.1. The number of benzene rings is 2. The smallest absolute Gasteiger partial charge is 0.265 e. The van der Waals surface area contributed by atoms with Crippen LogP contribution in [0.3, 0.4) is 0 Å². The second kappa shape index (κ2) is 8.75.